The van der Waals surface area contributed by atoms with Crippen LogP contribution in [0.1, 0.15) is 22.5 Å². The molecule has 0 aliphatic rings. The van der Waals surface area contributed by atoms with E-state index in [-0.39, 0.29) is 17.5 Å². The summed E-state index contributed by atoms with van der Waals surface area (Å²) < 4.78 is 21.0. The Morgan fingerprint density at radius 3 is 3.00 bits per heavy atom. The molecular weight excluding hydrogens is 333 g/mol. The standard InChI is InChI=1S/C20H18FN3O2/c1-13-15-11-14(21)7-8-18(15)26-19(13)20(25)22-9-4-10-24-12-23-16-5-2-3-6-17(16)24/h2-3,5-8,11-12H,4,9-10H2,1H3,(H,22,25). The van der Waals surface area contributed by atoms with Crippen molar-refractivity contribution in [1.82, 2.24) is 14.9 Å². The van der Waals surface area contributed by atoms with Crippen LogP contribution in [0.3, 0.4) is 0 Å². The number of aromatic nitrogens is 2. The SMILES string of the molecule is Cc1c(C(=O)NCCCn2cnc3ccccc32)oc2ccc(F)cc12. The molecule has 0 radical (unpaired) electrons. The monoisotopic (exact) mass is 351 g/mol. The minimum Gasteiger partial charge on any atom is -0.451 e. The Morgan fingerprint density at radius 2 is 2.12 bits per heavy atom. The molecule has 0 saturated carbocycles. The topological polar surface area (TPSA) is 60.1 Å². The molecule has 0 aliphatic carbocycles. The third-order valence-corrected chi connectivity index (χ3v) is 4.49. The largest absolute Gasteiger partial charge is 0.451 e. The van der Waals surface area contributed by atoms with Crippen molar-refractivity contribution in [3.8, 4) is 0 Å². The van der Waals surface area contributed by atoms with Gasteiger partial charge in [0.15, 0.2) is 5.76 Å². The van der Waals surface area contributed by atoms with Gasteiger partial charge in [0.2, 0.25) is 0 Å². The van der Waals surface area contributed by atoms with Gasteiger partial charge in [-0.2, -0.15) is 0 Å². The van der Waals surface area contributed by atoms with Crippen LogP contribution in [0.25, 0.3) is 22.0 Å². The Balaban J connectivity index is 1.39. The normalized spacial score (nSPS) is 11.3. The van der Waals surface area contributed by atoms with E-state index in [4.69, 9.17) is 4.42 Å². The maximum absolute atomic E-state index is 13.4. The molecular formula is C20H18FN3O2. The number of carbonyl (C=O) groups is 1. The van der Waals surface area contributed by atoms with E-state index in [1.54, 1.807) is 13.0 Å². The molecule has 1 N–H and O–H groups in total. The van der Waals surface area contributed by atoms with Crippen LogP contribution in [0.2, 0.25) is 0 Å². The van der Waals surface area contributed by atoms with Crippen LogP contribution in [0.4, 0.5) is 4.39 Å². The maximum Gasteiger partial charge on any atom is 0.287 e. The number of nitrogens with one attached hydrogen (secondary N) is 1. The number of furan rings is 1. The minimum absolute atomic E-state index is 0.235. The second-order valence-corrected chi connectivity index (χ2v) is 6.23. The van der Waals surface area contributed by atoms with Gasteiger partial charge in [-0.05, 0) is 43.7 Å². The molecule has 4 aromatic rings. The predicted molar refractivity (Wildman–Crippen MR) is 97.6 cm³/mol. The van der Waals surface area contributed by atoms with Crippen LogP contribution < -0.4 is 5.32 Å². The number of fused-ring (bicyclic) bond motifs is 2. The number of imidazole rings is 1. The van der Waals surface area contributed by atoms with Gasteiger partial charge in [0.05, 0.1) is 17.4 Å². The molecule has 0 bridgehead atoms. The summed E-state index contributed by atoms with van der Waals surface area (Å²) in [4.78, 5) is 16.7. The smallest absolute Gasteiger partial charge is 0.287 e. The average molecular weight is 351 g/mol. The number of nitrogens with zero attached hydrogens (tertiary/aromatic N) is 2. The molecule has 0 aliphatic heterocycles. The summed E-state index contributed by atoms with van der Waals surface area (Å²) in [5.41, 5.74) is 3.20. The molecule has 1 amide bonds. The molecule has 4 rings (SSSR count). The first-order chi connectivity index (χ1) is 12.6. The number of para-hydroxylation sites is 2. The Hall–Kier alpha value is -3.15. The first-order valence-corrected chi connectivity index (χ1v) is 8.50. The molecule has 26 heavy (non-hydrogen) atoms. The van der Waals surface area contributed by atoms with Gasteiger partial charge in [-0.3, -0.25) is 4.79 Å². The Kier molecular flexibility index (Phi) is 4.16. The third-order valence-electron chi connectivity index (χ3n) is 4.49. The molecule has 5 nitrogen and oxygen atoms in total. The number of rotatable bonds is 5. The van der Waals surface area contributed by atoms with Crippen LogP contribution in [0.15, 0.2) is 53.2 Å². The number of benzene rings is 2. The van der Waals surface area contributed by atoms with E-state index in [1.165, 1.54) is 12.1 Å². The van der Waals surface area contributed by atoms with Gasteiger partial charge in [-0.25, -0.2) is 9.37 Å². The molecule has 132 valence electrons. The first kappa shape index (κ1) is 16.3. The van der Waals surface area contributed by atoms with Gasteiger partial charge in [-0.15, -0.1) is 0 Å². The van der Waals surface area contributed by atoms with E-state index in [9.17, 15) is 9.18 Å². The van der Waals surface area contributed by atoms with E-state index in [0.717, 1.165) is 24.0 Å². The lowest BCUT2D eigenvalue weighted by molar-refractivity contribution is 0.0926. The van der Waals surface area contributed by atoms with Gasteiger partial charge < -0.3 is 14.3 Å². The molecule has 0 fully saturated rings. The first-order valence-electron chi connectivity index (χ1n) is 8.50. The predicted octanol–water partition coefficient (Wildman–Crippen LogP) is 4.05. The maximum atomic E-state index is 13.4. The molecule has 2 aromatic heterocycles. The fourth-order valence-corrected chi connectivity index (χ4v) is 3.13. The number of hydrogen-bond donors (Lipinski definition) is 1. The van der Waals surface area contributed by atoms with E-state index < -0.39 is 0 Å². The van der Waals surface area contributed by atoms with Crippen molar-refractivity contribution in [2.75, 3.05) is 6.54 Å². The molecule has 2 aromatic carbocycles. The fraction of sp³-hybridized carbons (Fsp3) is 0.200. The van der Waals surface area contributed by atoms with E-state index in [2.05, 4.69) is 14.9 Å². The summed E-state index contributed by atoms with van der Waals surface area (Å²) in [6.45, 7) is 3.03. The summed E-state index contributed by atoms with van der Waals surface area (Å²) in [5, 5.41) is 3.49. The van der Waals surface area contributed by atoms with E-state index >= 15 is 0 Å². The zero-order valence-electron chi connectivity index (χ0n) is 14.3. The van der Waals surface area contributed by atoms with Crippen LogP contribution in [0.5, 0.6) is 0 Å². The van der Waals surface area contributed by atoms with Crippen molar-refractivity contribution in [3.05, 3.63) is 65.9 Å². The average Bonchev–Trinajstić information content (AvgIpc) is 3.20. The molecule has 0 atom stereocenters. The molecule has 6 heteroatoms. The molecule has 2 heterocycles. The van der Waals surface area contributed by atoms with Crippen molar-refractivity contribution in [1.29, 1.82) is 0 Å². The highest BCUT2D eigenvalue weighted by molar-refractivity contribution is 5.98. The lowest BCUT2D eigenvalue weighted by Crippen LogP contribution is -2.25. The second-order valence-electron chi connectivity index (χ2n) is 6.23. The molecule has 0 spiro atoms. The Bertz CT molecular complexity index is 1100. The van der Waals surface area contributed by atoms with Crippen LogP contribution >= 0.6 is 0 Å². The second kappa shape index (κ2) is 6.63. The summed E-state index contributed by atoms with van der Waals surface area (Å²) in [6, 6.07) is 12.2. The number of halogens is 1. The quantitative estimate of drug-likeness (QED) is 0.552. The number of aryl methyl sites for hydroxylation is 2. The van der Waals surface area contributed by atoms with Crippen LogP contribution in [-0.2, 0) is 6.54 Å². The van der Waals surface area contributed by atoms with Crippen molar-refractivity contribution >= 4 is 27.9 Å². The minimum atomic E-state index is -0.346. The molecule has 0 saturated heterocycles. The highest BCUT2D eigenvalue weighted by atomic mass is 19.1. The van der Waals surface area contributed by atoms with Crippen molar-refractivity contribution in [2.24, 2.45) is 0 Å². The van der Waals surface area contributed by atoms with Crippen LogP contribution in [-0.4, -0.2) is 22.0 Å². The Morgan fingerprint density at radius 1 is 1.27 bits per heavy atom. The van der Waals surface area contributed by atoms with Crippen molar-refractivity contribution in [3.63, 3.8) is 0 Å². The Labute approximate surface area is 149 Å². The van der Waals surface area contributed by atoms with E-state index in [1.807, 2.05) is 30.6 Å². The third kappa shape index (κ3) is 2.94. The summed E-state index contributed by atoms with van der Waals surface area (Å²) in [7, 11) is 0. The summed E-state index contributed by atoms with van der Waals surface area (Å²) in [5.74, 6) is -0.394. The zero-order chi connectivity index (χ0) is 18.1. The van der Waals surface area contributed by atoms with Crippen molar-refractivity contribution < 1.29 is 13.6 Å². The highest BCUT2D eigenvalue weighted by Crippen LogP contribution is 2.25. The zero-order valence-corrected chi connectivity index (χ0v) is 14.3. The van der Waals surface area contributed by atoms with Gasteiger partial charge in [0.1, 0.15) is 11.4 Å². The lowest BCUT2D eigenvalue weighted by Gasteiger charge is -2.06. The fourth-order valence-electron chi connectivity index (χ4n) is 3.13. The summed E-state index contributed by atoms with van der Waals surface area (Å²) in [6.07, 6.45) is 2.57. The number of carbonyl (C=O) groups excluding carboxylic acids is 1. The number of amides is 1. The van der Waals surface area contributed by atoms with Gasteiger partial charge in [0.25, 0.3) is 5.91 Å². The molecule has 0 unspecified atom stereocenters. The summed E-state index contributed by atoms with van der Waals surface area (Å²) >= 11 is 0. The van der Waals surface area contributed by atoms with Gasteiger partial charge in [-0.1, -0.05) is 12.1 Å². The van der Waals surface area contributed by atoms with E-state index in [0.29, 0.717) is 23.1 Å². The number of hydrogen-bond acceptors (Lipinski definition) is 3. The van der Waals surface area contributed by atoms with Gasteiger partial charge in [0, 0.05) is 24.0 Å². The van der Waals surface area contributed by atoms with Crippen molar-refractivity contribution in [2.45, 2.75) is 19.9 Å². The lowest BCUT2D eigenvalue weighted by atomic mass is 10.1. The van der Waals surface area contributed by atoms with Gasteiger partial charge >= 0.3 is 0 Å². The van der Waals surface area contributed by atoms with Crippen LogP contribution in [0, 0.1) is 12.7 Å². The highest BCUT2D eigenvalue weighted by Gasteiger charge is 2.17.